The van der Waals surface area contributed by atoms with Crippen molar-refractivity contribution < 1.29 is 19.0 Å². The van der Waals surface area contributed by atoms with Gasteiger partial charge < -0.3 is 14.2 Å². The Morgan fingerprint density at radius 2 is 2.00 bits per heavy atom. The average Bonchev–Trinajstić information content (AvgIpc) is 2.21. The topological polar surface area (TPSA) is 44.8 Å². The van der Waals surface area contributed by atoms with Gasteiger partial charge in [-0.25, -0.2) is 4.79 Å². The summed E-state index contributed by atoms with van der Waals surface area (Å²) >= 11 is 0. The highest BCUT2D eigenvalue weighted by molar-refractivity contribution is 5.87. The first-order valence-electron chi connectivity index (χ1n) is 5.56. The summed E-state index contributed by atoms with van der Waals surface area (Å²) in [5.41, 5.74) is 0.433. The van der Waals surface area contributed by atoms with E-state index in [2.05, 4.69) is 6.58 Å². The molecule has 0 aromatic carbocycles. The first kappa shape index (κ1) is 13.2. The maximum absolute atomic E-state index is 11.5. The molecule has 1 heterocycles. The second-order valence-corrected chi connectivity index (χ2v) is 4.83. The van der Waals surface area contributed by atoms with Gasteiger partial charge >= 0.3 is 12.4 Å². The second kappa shape index (κ2) is 5.46. The molecule has 4 nitrogen and oxygen atoms in total. The van der Waals surface area contributed by atoms with E-state index in [-0.39, 0.29) is 5.41 Å². The van der Waals surface area contributed by atoms with E-state index in [4.69, 9.17) is 14.2 Å². The molecule has 0 unspecified atom stereocenters. The molecule has 0 aliphatic carbocycles. The van der Waals surface area contributed by atoms with Crippen LogP contribution in [0.2, 0.25) is 0 Å². The lowest BCUT2D eigenvalue weighted by atomic mass is 9.96. The minimum absolute atomic E-state index is 0.0245. The molecule has 4 heteroatoms. The Kier molecular flexibility index (Phi) is 4.50. The molecule has 0 N–H and O–H groups in total. The zero-order chi connectivity index (χ0) is 12.2. The fourth-order valence-electron chi connectivity index (χ4n) is 1.32. The van der Waals surface area contributed by atoms with Crippen molar-refractivity contribution in [3.05, 3.63) is 12.2 Å². The van der Waals surface area contributed by atoms with Crippen LogP contribution in [0.25, 0.3) is 0 Å². The Morgan fingerprint density at radius 3 is 2.50 bits per heavy atom. The van der Waals surface area contributed by atoms with Crippen molar-refractivity contribution in [2.45, 2.75) is 40.1 Å². The van der Waals surface area contributed by atoms with Crippen LogP contribution in [0.1, 0.15) is 33.6 Å². The fraction of sp³-hybridized carbons (Fsp3) is 0.750. The molecule has 0 atom stereocenters. The monoisotopic (exact) mass is 228 g/mol. The van der Waals surface area contributed by atoms with Crippen LogP contribution in [0.4, 0.5) is 0 Å². The summed E-state index contributed by atoms with van der Waals surface area (Å²) in [5.74, 6) is -0.438. The molecule has 1 aliphatic heterocycles. The zero-order valence-electron chi connectivity index (χ0n) is 10.2. The number of esters is 1. The first-order chi connectivity index (χ1) is 7.44. The van der Waals surface area contributed by atoms with E-state index in [9.17, 15) is 4.79 Å². The zero-order valence-corrected chi connectivity index (χ0v) is 10.2. The summed E-state index contributed by atoms with van der Waals surface area (Å²) in [6.45, 7) is 9.85. The predicted molar refractivity (Wildman–Crippen MR) is 59.6 cm³/mol. The summed E-state index contributed by atoms with van der Waals surface area (Å²) in [4.78, 5) is 11.5. The SMILES string of the molecule is C=C(CCC)C(=O)OC1OCC(C)(C)CO1. The third-order valence-electron chi connectivity index (χ3n) is 2.26. The smallest absolute Gasteiger partial charge is 0.337 e. The summed E-state index contributed by atoms with van der Waals surface area (Å²) in [5, 5.41) is 0. The number of ether oxygens (including phenoxy) is 3. The van der Waals surface area contributed by atoms with Gasteiger partial charge in [-0.2, -0.15) is 0 Å². The van der Waals surface area contributed by atoms with Crippen LogP contribution in [0.15, 0.2) is 12.2 Å². The maximum Gasteiger partial charge on any atom is 0.337 e. The molecule has 92 valence electrons. The van der Waals surface area contributed by atoms with Crippen molar-refractivity contribution in [2.75, 3.05) is 13.2 Å². The van der Waals surface area contributed by atoms with Crippen LogP contribution >= 0.6 is 0 Å². The van der Waals surface area contributed by atoms with E-state index in [1.807, 2.05) is 20.8 Å². The van der Waals surface area contributed by atoms with Crippen molar-refractivity contribution in [1.29, 1.82) is 0 Å². The standard InChI is InChI=1S/C12H20O4/c1-5-6-9(2)10(13)16-11-14-7-12(3,4)8-15-11/h11H,2,5-8H2,1,3-4H3. The minimum Gasteiger partial charge on any atom is -0.407 e. The Balaban J connectivity index is 2.34. The third-order valence-corrected chi connectivity index (χ3v) is 2.26. The fourth-order valence-corrected chi connectivity index (χ4v) is 1.32. The van der Waals surface area contributed by atoms with Crippen LogP contribution in [0.5, 0.6) is 0 Å². The molecule has 0 saturated carbocycles. The molecule has 0 spiro atoms. The van der Waals surface area contributed by atoms with E-state index < -0.39 is 12.4 Å². The molecule has 1 aliphatic rings. The van der Waals surface area contributed by atoms with E-state index in [0.29, 0.717) is 25.2 Å². The van der Waals surface area contributed by atoms with Gasteiger partial charge in [0.2, 0.25) is 0 Å². The van der Waals surface area contributed by atoms with Gasteiger partial charge in [0, 0.05) is 11.0 Å². The Hall–Kier alpha value is -0.870. The van der Waals surface area contributed by atoms with Gasteiger partial charge in [0.25, 0.3) is 0 Å². The quantitative estimate of drug-likeness (QED) is 0.547. The van der Waals surface area contributed by atoms with Gasteiger partial charge in [-0.3, -0.25) is 0 Å². The molecule has 1 fully saturated rings. The highest BCUT2D eigenvalue weighted by Gasteiger charge is 2.30. The van der Waals surface area contributed by atoms with Crippen molar-refractivity contribution in [3.8, 4) is 0 Å². The van der Waals surface area contributed by atoms with E-state index in [1.54, 1.807) is 0 Å². The van der Waals surface area contributed by atoms with Crippen molar-refractivity contribution in [2.24, 2.45) is 5.41 Å². The number of rotatable bonds is 4. The normalized spacial score (nSPS) is 20.4. The van der Waals surface area contributed by atoms with Crippen LogP contribution in [0.3, 0.4) is 0 Å². The lowest BCUT2D eigenvalue weighted by Gasteiger charge is -2.33. The first-order valence-corrected chi connectivity index (χ1v) is 5.56. The average molecular weight is 228 g/mol. The van der Waals surface area contributed by atoms with Crippen LogP contribution in [0, 0.1) is 5.41 Å². The molecule has 0 aromatic heterocycles. The Labute approximate surface area is 96.6 Å². The van der Waals surface area contributed by atoms with Gasteiger partial charge in [-0.15, -0.1) is 0 Å². The highest BCUT2D eigenvalue weighted by Crippen LogP contribution is 2.23. The Bertz CT molecular complexity index is 260. The number of hydrogen-bond donors (Lipinski definition) is 0. The molecule has 0 radical (unpaired) electrons. The van der Waals surface area contributed by atoms with Gasteiger partial charge in [-0.05, 0) is 6.42 Å². The summed E-state index contributed by atoms with van der Waals surface area (Å²) in [6, 6.07) is 0. The minimum atomic E-state index is -0.880. The number of carbonyl (C=O) groups excluding carboxylic acids is 1. The van der Waals surface area contributed by atoms with E-state index >= 15 is 0 Å². The number of hydrogen-bond acceptors (Lipinski definition) is 4. The van der Waals surface area contributed by atoms with Crippen LogP contribution in [-0.4, -0.2) is 25.7 Å². The third kappa shape index (κ3) is 3.94. The van der Waals surface area contributed by atoms with Crippen LogP contribution in [-0.2, 0) is 19.0 Å². The summed E-state index contributed by atoms with van der Waals surface area (Å²) in [6.07, 6.45) is 1.50. The maximum atomic E-state index is 11.5. The van der Waals surface area contributed by atoms with Crippen LogP contribution < -0.4 is 0 Å². The van der Waals surface area contributed by atoms with Gasteiger partial charge in [0.05, 0.1) is 13.2 Å². The van der Waals surface area contributed by atoms with Gasteiger partial charge in [-0.1, -0.05) is 33.8 Å². The Morgan fingerprint density at radius 1 is 1.44 bits per heavy atom. The highest BCUT2D eigenvalue weighted by atomic mass is 16.9. The molecule has 1 rings (SSSR count). The lowest BCUT2D eigenvalue weighted by Crippen LogP contribution is -2.40. The van der Waals surface area contributed by atoms with Gasteiger partial charge in [0.1, 0.15) is 0 Å². The molecule has 1 saturated heterocycles. The van der Waals surface area contributed by atoms with E-state index in [1.165, 1.54) is 0 Å². The predicted octanol–water partition coefficient (Wildman–Crippen LogP) is 2.24. The molecule has 0 aromatic rings. The lowest BCUT2D eigenvalue weighted by molar-refractivity contribution is -0.319. The molecule has 0 amide bonds. The van der Waals surface area contributed by atoms with Gasteiger partial charge in [0.15, 0.2) is 0 Å². The largest absolute Gasteiger partial charge is 0.407 e. The molecule has 0 bridgehead atoms. The van der Waals surface area contributed by atoms with Crippen molar-refractivity contribution >= 4 is 5.97 Å². The molecular weight excluding hydrogens is 208 g/mol. The van der Waals surface area contributed by atoms with E-state index in [0.717, 1.165) is 6.42 Å². The second-order valence-electron chi connectivity index (χ2n) is 4.83. The van der Waals surface area contributed by atoms with Crippen molar-refractivity contribution in [3.63, 3.8) is 0 Å². The van der Waals surface area contributed by atoms with Crippen molar-refractivity contribution in [1.82, 2.24) is 0 Å². The summed E-state index contributed by atoms with van der Waals surface area (Å²) in [7, 11) is 0. The summed E-state index contributed by atoms with van der Waals surface area (Å²) < 4.78 is 15.6. The molecule has 16 heavy (non-hydrogen) atoms. The molecular formula is C12H20O4. The number of carbonyl (C=O) groups is 1.